The van der Waals surface area contributed by atoms with E-state index in [1.807, 2.05) is 19.1 Å². The number of rotatable bonds is 8. The molecule has 1 amide bonds. The highest BCUT2D eigenvalue weighted by molar-refractivity contribution is 7.89. The molecule has 2 N–H and O–H groups in total. The zero-order chi connectivity index (χ0) is 24.8. The Morgan fingerprint density at radius 3 is 2.06 bits per heavy atom. The van der Waals surface area contributed by atoms with Crippen molar-refractivity contribution in [2.24, 2.45) is 5.41 Å². The number of benzene rings is 2. The van der Waals surface area contributed by atoms with Gasteiger partial charge in [0.25, 0.3) is 5.91 Å². The molecule has 178 valence electrons. The van der Waals surface area contributed by atoms with Crippen LogP contribution in [0, 0.1) is 12.3 Å². The fourth-order valence-corrected chi connectivity index (χ4v) is 3.65. The average molecular weight is 477 g/mol. The Balaban J connectivity index is 1.93. The van der Waals surface area contributed by atoms with E-state index in [2.05, 4.69) is 10.0 Å². The molecule has 2 rings (SSSR count). The molecule has 9 nitrogen and oxygen atoms in total. The molecule has 0 saturated heterocycles. The smallest absolute Gasteiger partial charge is 0.326 e. The third-order valence-corrected chi connectivity index (χ3v) is 5.98. The van der Waals surface area contributed by atoms with Crippen molar-refractivity contribution in [3.63, 3.8) is 0 Å². The summed E-state index contributed by atoms with van der Waals surface area (Å²) < 4.78 is 37.0. The van der Waals surface area contributed by atoms with Gasteiger partial charge in [-0.25, -0.2) is 8.42 Å². The molecule has 0 radical (unpaired) electrons. The van der Waals surface area contributed by atoms with Crippen LogP contribution in [0.1, 0.15) is 43.6 Å². The summed E-state index contributed by atoms with van der Waals surface area (Å²) in [6, 6.07) is 11.3. The summed E-state index contributed by atoms with van der Waals surface area (Å²) in [5.74, 6) is -1.78. The lowest BCUT2D eigenvalue weighted by Crippen LogP contribution is -2.40. The first-order chi connectivity index (χ1) is 15.3. The molecular formula is C23H28N2O7S. The summed E-state index contributed by atoms with van der Waals surface area (Å²) in [5.41, 5.74) is 1.15. The Bertz CT molecular complexity index is 1100. The Morgan fingerprint density at radius 1 is 0.939 bits per heavy atom. The van der Waals surface area contributed by atoms with E-state index in [0.29, 0.717) is 11.3 Å². The van der Waals surface area contributed by atoms with Crippen LogP contribution < -0.4 is 10.0 Å². The molecule has 2 aromatic carbocycles. The largest absolute Gasteiger partial charge is 0.427 e. The van der Waals surface area contributed by atoms with Crippen molar-refractivity contribution in [3.05, 3.63) is 59.7 Å². The second-order valence-electron chi connectivity index (χ2n) is 8.45. The van der Waals surface area contributed by atoms with Gasteiger partial charge in [0, 0.05) is 11.3 Å². The van der Waals surface area contributed by atoms with Crippen LogP contribution in [0.3, 0.4) is 0 Å². The molecule has 0 heterocycles. The summed E-state index contributed by atoms with van der Waals surface area (Å²) in [7, 11) is -4.04. The second kappa shape index (κ2) is 10.6. The minimum atomic E-state index is -4.04. The molecule has 10 heteroatoms. The molecule has 0 aromatic heterocycles. The molecule has 33 heavy (non-hydrogen) atoms. The van der Waals surface area contributed by atoms with Gasteiger partial charge in [0.1, 0.15) is 6.04 Å². The van der Waals surface area contributed by atoms with E-state index in [1.165, 1.54) is 31.2 Å². The number of esters is 2. The number of ether oxygens (including phenoxy) is 2. The predicted molar refractivity (Wildman–Crippen MR) is 122 cm³/mol. The Morgan fingerprint density at radius 2 is 1.52 bits per heavy atom. The topological polar surface area (TPSA) is 128 Å². The van der Waals surface area contributed by atoms with Crippen molar-refractivity contribution < 1.29 is 32.3 Å². The summed E-state index contributed by atoms with van der Waals surface area (Å²) in [4.78, 5) is 35.9. The molecule has 0 aliphatic carbocycles. The molecule has 2 aromatic rings. The third kappa shape index (κ3) is 7.69. The first-order valence-electron chi connectivity index (χ1n) is 10.1. The molecule has 1 atom stereocenters. The van der Waals surface area contributed by atoms with Gasteiger partial charge < -0.3 is 14.8 Å². The molecule has 1 unspecified atom stereocenters. The number of hydrogen-bond acceptors (Lipinski definition) is 7. The second-order valence-corrected chi connectivity index (χ2v) is 10.2. The predicted octanol–water partition coefficient (Wildman–Crippen LogP) is 3.00. The van der Waals surface area contributed by atoms with Gasteiger partial charge >= 0.3 is 11.9 Å². The van der Waals surface area contributed by atoms with Crippen molar-refractivity contribution in [2.75, 3.05) is 12.1 Å². The normalized spacial score (nSPS) is 12.5. The van der Waals surface area contributed by atoms with Gasteiger partial charge in [-0.1, -0.05) is 17.7 Å². The number of amides is 1. The van der Waals surface area contributed by atoms with Gasteiger partial charge in [-0.2, -0.15) is 4.72 Å². The monoisotopic (exact) mass is 476 g/mol. The van der Waals surface area contributed by atoms with Crippen molar-refractivity contribution in [2.45, 2.75) is 45.6 Å². The Hall–Kier alpha value is -3.24. The zero-order valence-electron chi connectivity index (χ0n) is 19.2. The van der Waals surface area contributed by atoms with Gasteiger partial charge in [0.2, 0.25) is 16.8 Å². The number of sulfonamides is 1. The summed E-state index contributed by atoms with van der Waals surface area (Å²) in [6.07, 6.45) is 0. The van der Waals surface area contributed by atoms with E-state index < -0.39 is 40.2 Å². The van der Waals surface area contributed by atoms with Crippen LogP contribution in [0.25, 0.3) is 0 Å². The molecule has 0 aliphatic heterocycles. The van der Waals surface area contributed by atoms with Crippen molar-refractivity contribution in [1.82, 2.24) is 4.72 Å². The summed E-state index contributed by atoms with van der Waals surface area (Å²) >= 11 is 0. The number of nitrogens with one attached hydrogen (secondary N) is 2. The highest BCUT2D eigenvalue weighted by atomic mass is 32.2. The molecule has 0 spiro atoms. The maximum atomic E-state index is 12.6. The minimum Gasteiger partial charge on any atom is -0.427 e. The Kier molecular flexibility index (Phi) is 8.34. The lowest BCUT2D eigenvalue weighted by atomic mass is 9.98. The number of anilines is 1. The highest BCUT2D eigenvalue weighted by Crippen LogP contribution is 2.17. The quantitative estimate of drug-likeness (QED) is 0.443. The summed E-state index contributed by atoms with van der Waals surface area (Å²) in [6.45, 7) is 7.54. The first-order valence-corrected chi connectivity index (χ1v) is 11.6. The molecule has 0 saturated carbocycles. The van der Waals surface area contributed by atoms with E-state index >= 15 is 0 Å². The van der Waals surface area contributed by atoms with Crippen molar-refractivity contribution >= 4 is 33.6 Å². The lowest BCUT2D eigenvalue weighted by molar-refractivity contribution is -0.173. The number of carbonyl (C=O) groups excluding carboxylic acids is 3. The van der Waals surface area contributed by atoms with Crippen molar-refractivity contribution in [1.29, 1.82) is 0 Å². The van der Waals surface area contributed by atoms with Crippen LogP contribution >= 0.6 is 0 Å². The maximum Gasteiger partial charge on any atom is 0.326 e. The van der Waals surface area contributed by atoms with Crippen LogP contribution in [-0.4, -0.2) is 39.1 Å². The fraction of sp³-hybridized carbons (Fsp3) is 0.348. The van der Waals surface area contributed by atoms with Gasteiger partial charge in [-0.15, -0.1) is 0 Å². The van der Waals surface area contributed by atoms with Gasteiger partial charge in [-0.05, 0) is 71.0 Å². The van der Waals surface area contributed by atoms with E-state index in [4.69, 9.17) is 9.47 Å². The Labute approximate surface area is 193 Å². The number of hydrogen-bond donors (Lipinski definition) is 2. The van der Waals surface area contributed by atoms with Gasteiger partial charge in [-0.3, -0.25) is 14.4 Å². The number of carbonyl (C=O) groups is 3. The molecule has 0 aliphatic rings. The zero-order valence-corrected chi connectivity index (χ0v) is 20.0. The average Bonchev–Trinajstić information content (AvgIpc) is 2.73. The first kappa shape index (κ1) is 26.0. The summed E-state index contributed by atoms with van der Waals surface area (Å²) in [5, 5.41) is 2.69. The van der Waals surface area contributed by atoms with Crippen LogP contribution in [-0.2, 0) is 29.1 Å². The minimum absolute atomic E-state index is 0.102. The van der Waals surface area contributed by atoms with Gasteiger partial charge in [0.15, 0.2) is 0 Å². The van der Waals surface area contributed by atoms with Gasteiger partial charge in [0.05, 0.1) is 10.3 Å². The highest BCUT2D eigenvalue weighted by Gasteiger charge is 2.26. The van der Waals surface area contributed by atoms with Crippen molar-refractivity contribution in [3.8, 4) is 0 Å². The van der Waals surface area contributed by atoms with E-state index in [-0.39, 0.29) is 10.8 Å². The standard InChI is InChI=1S/C23H28N2O7S/c1-15-6-8-17(9-7-15)20(26)24-18-10-12-19(13-11-18)33(29,30)25-16(2)21(27)31-14-32-22(28)23(3,4)5/h6-13,16,25H,14H2,1-5H3,(H,24,26). The number of aryl methyl sites for hydroxylation is 1. The molecule has 0 bridgehead atoms. The van der Waals surface area contributed by atoms with E-state index in [1.54, 1.807) is 32.9 Å². The maximum absolute atomic E-state index is 12.6. The molecular weight excluding hydrogens is 448 g/mol. The SMILES string of the molecule is Cc1ccc(C(=O)Nc2ccc(S(=O)(=O)NC(C)C(=O)OCOC(=O)C(C)(C)C)cc2)cc1. The third-order valence-electron chi connectivity index (χ3n) is 4.43. The van der Waals surface area contributed by atoms with Crippen LogP contribution in [0.4, 0.5) is 5.69 Å². The van der Waals surface area contributed by atoms with Crippen LogP contribution in [0.15, 0.2) is 53.4 Å². The molecule has 0 fully saturated rings. The van der Waals surface area contributed by atoms with Crippen LogP contribution in [0.2, 0.25) is 0 Å². The lowest BCUT2D eigenvalue weighted by Gasteiger charge is -2.17. The van der Waals surface area contributed by atoms with E-state index in [0.717, 1.165) is 5.56 Å². The van der Waals surface area contributed by atoms with Crippen LogP contribution in [0.5, 0.6) is 0 Å². The fourth-order valence-electron chi connectivity index (χ4n) is 2.46. The van der Waals surface area contributed by atoms with E-state index in [9.17, 15) is 22.8 Å².